The van der Waals surface area contributed by atoms with Gasteiger partial charge in [0.05, 0.1) is 10.4 Å². The molecule has 0 aromatic carbocycles. The van der Waals surface area contributed by atoms with Gasteiger partial charge >= 0.3 is 0 Å². The molecule has 3 rings (SSSR count). The number of thiophene rings is 1. The van der Waals surface area contributed by atoms with E-state index in [2.05, 4.69) is 17.2 Å². The molecule has 2 aromatic heterocycles. The molecule has 1 saturated carbocycles. The molecule has 20 heavy (non-hydrogen) atoms. The molecule has 2 unspecified atom stereocenters. The van der Waals surface area contributed by atoms with Gasteiger partial charge < -0.3 is 11.1 Å². The lowest BCUT2D eigenvalue weighted by atomic mass is 9.98. The van der Waals surface area contributed by atoms with E-state index in [9.17, 15) is 4.79 Å². The molecular weight excluding hydrogens is 270 g/mol. The van der Waals surface area contributed by atoms with E-state index in [0.717, 1.165) is 16.6 Å². The van der Waals surface area contributed by atoms with Crippen molar-refractivity contribution in [3.63, 3.8) is 0 Å². The Morgan fingerprint density at radius 1 is 1.55 bits per heavy atom. The summed E-state index contributed by atoms with van der Waals surface area (Å²) in [5, 5.41) is 3.96. The maximum Gasteiger partial charge on any atom is 0.263 e. The summed E-state index contributed by atoms with van der Waals surface area (Å²) in [6.07, 6.45) is 7.22. The third kappa shape index (κ3) is 2.38. The minimum Gasteiger partial charge on any atom is -0.397 e. The van der Waals surface area contributed by atoms with Gasteiger partial charge in [0.1, 0.15) is 4.88 Å². The Balaban J connectivity index is 1.74. The molecule has 1 fully saturated rings. The number of pyridine rings is 1. The highest BCUT2D eigenvalue weighted by Crippen LogP contribution is 2.33. The number of aromatic nitrogens is 1. The van der Waals surface area contributed by atoms with Gasteiger partial charge in [-0.2, -0.15) is 0 Å². The lowest BCUT2D eigenvalue weighted by Crippen LogP contribution is -2.30. The number of fused-ring (bicyclic) bond motifs is 1. The number of amides is 1. The highest BCUT2D eigenvalue weighted by Gasteiger charge is 2.24. The Labute approximate surface area is 122 Å². The normalized spacial score (nSPS) is 22.2. The number of hydrogen-bond donors (Lipinski definition) is 2. The molecule has 0 saturated heterocycles. The van der Waals surface area contributed by atoms with Crippen LogP contribution in [0.25, 0.3) is 10.1 Å². The second kappa shape index (κ2) is 5.40. The largest absolute Gasteiger partial charge is 0.397 e. The van der Waals surface area contributed by atoms with Crippen molar-refractivity contribution in [3.05, 3.63) is 23.3 Å². The van der Waals surface area contributed by atoms with Gasteiger partial charge in [-0.15, -0.1) is 11.3 Å². The molecule has 106 valence electrons. The first-order valence-corrected chi connectivity index (χ1v) is 7.88. The van der Waals surface area contributed by atoms with Gasteiger partial charge in [0, 0.05) is 24.3 Å². The summed E-state index contributed by atoms with van der Waals surface area (Å²) in [5.74, 6) is 1.26. The highest BCUT2D eigenvalue weighted by molar-refractivity contribution is 7.21. The summed E-state index contributed by atoms with van der Waals surface area (Å²) in [5.41, 5.74) is 6.65. The maximum atomic E-state index is 12.3. The molecule has 5 heteroatoms. The van der Waals surface area contributed by atoms with E-state index < -0.39 is 0 Å². The van der Waals surface area contributed by atoms with E-state index in [1.165, 1.54) is 30.6 Å². The van der Waals surface area contributed by atoms with Gasteiger partial charge in [0.2, 0.25) is 0 Å². The fourth-order valence-corrected chi connectivity index (χ4v) is 3.98. The number of nitrogens with zero attached hydrogens (tertiary/aromatic N) is 1. The van der Waals surface area contributed by atoms with Crippen LogP contribution in [0.3, 0.4) is 0 Å². The Morgan fingerprint density at radius 3 is 3.10 bits per heavy atom. The van der Waals surface area contributed by atoms with Crippen LogP contribution in [-0.4, -0.2) is 17.4 Å². The third-order valence-electron chi connectivity index (χ3n) is 4.30. The Hall–Kier alpha value is -1.62. The fraction of sp³-hybridized carbons (Fsp3) is 0.467. The molecule has 2 heterocycles. The predicted octanol–water partition coefficient (Wildman–Crippen LogP) is 3.04. The average Bonchev–Trinajstić information content (AvgIpc) is 3.01. The van der Waals surface area contributed by atoms with Crippen LogP contribution in [0, 0.1) is 11.8 Å². The Morgan fingerprint density at radius 2 is 2.40 bits per heavy atom. The van der Waals surface area contributed by atoms with Crippen LogP contribution in [0.5, 0.6) is 0 Å². The summed E-state index contributed by atoms with van der Waals surface area (Å²) in [6, 6.07) is 1.86. The Kier molecular flexibility index (Phi) is 3.61. The predicted molar refractivity (Wildman–Crippen MR) is 82.9 cm³/mol. The van der Waals surface area contributed by atoms with E-state index in [1.54, 1.807) is 12.4 Å². The van der Waals surface area contributed by atoms with Gasteiger partial charge in [0.25, 0.3) is 5.91 Å². The number of hydrogen-bond acceptors (Lipinski definition) is 4. The number of rotatable bonds is 3. The minimum absolute atomic E-state index is 0.0530. The standard InChI is InChI=1S/C15H19N3OS/c1-9-3-2-4-10(9)7-18-15(19)14-13(16)11-5-6-17-8-12(11)20-14/h5-6,8-10H,2-4,7,16H2,1H3,(H,18,19). The second-order valence-corrected chi connectivity index (χ2v) is 6.65. The molecule has 0 bridgehead atoms. The summed E-state index contributed by atoms with van der Waals surface area (Å²) in [6.45, 7) is 3.02. The van der Waals surface area contributed by atoms with Crippen LogP contribution in [0.2, 0.25) is 0 Å². The van der Waals surface area contributed by atoms with Crippen LogP contribution < -0.4 is 11.1 Å². The number of nitrogen functional groups attached to an aromatic ring is 1. The molecule has 2 atom stereocenters. The van der Waals surface area contributed by atoms with Crippen molar-refractivity contribution in [2.24, 2.45) is 11.8 Å². The zero-order valence-corrected chi connectivity index (χ0v) is 12.4. The zero-order chi connectivity index (χ0) is 14.1. The maximum absolute atomic E-state index is 12.3. The number of anilines is 1. The quantitative estimate of drug-likeness (QED) is 0.912. The van der Waals surface area contributed by atoms with Crippen LogP contribution in [0.1, 0.15) is 35.9 Å². The average molecular weight is 289 g/mol. The lowest BCUT2D eigenvalue weighted by Gasteiger charge is -2.15. The number of carbonyl (C=O) groups excluding carboxylic acids is 1. The summed E-state index contributed by atoms with van der Waals surface area (Å²) in [4.78, 5) is 17.0. The summed E-state index contributed by atoms with van der Waals surface area (Å²) in [7, 11) is 0. The van der Waals surface area contributed by atoms with Crippen LogP contribution in [0.15, 0.2) is 18.5 Å². The molecule has 1 aliphatic carbocycles. The molecule has 0 aliphatic heterocycles. The van der Waals surface area contributed by atoms with Crippen molar-refractivity contribution in [1.29, 1.82) is 0 Å². The van der Waals surface area contributed by atoms with Crippen LogP contribution >= 0.6 is 11.3 Å². The number of nitrogens with one attached hydrogen (secondary N) is 1. The molecule has 1 amide bonds. The van der Waals surface area contributed by atoms with Crippen molar-refractivity contribution in [3.8, 4) is 0 Å². The SMILES string of the molecule is CC1CCCC1CNC(=O)c1sc2cnccc2c1N. The second-order valence-electron chi connectivity index (χ2n) is 5.59. The smallest absolute Gasteiger partial charge is 0.263 e. The van der Waals surface area contributed by atoms with Crippen molar-refractivity contribution >= 4 is 33.0 Å². The number of carbonyl (C=O) groups is 1. The van der Waals surface area contributed by atoms with E-state index in [0.29, 0.717) is 22.4 Å². The first kappa shape index (κ1) is 13.4. The third-order valence-corrected chi connectivity index (χ3v) is 5.46. The highest BCUT2D eigenvalue weighted by atomic mass is 32.1. The van der Waals surface area contributed by atoms with Gasteiger partial charge in [-0.05, 0) is 24.3 Å². The number of nitrogens with two attached hydrogens (primary N) is 1. The molecule has 4 nitrogen and oxygen atoms in total. The molecule has 0 spiro atoms. The minimum atomic E-state index is -0.0530. The van der Waals surface area contributed by atoms with E-state index in [4.69, 9.17) is 5.73 Å². The van der Waals surface area contributed by atoms with Gasteiger partial charge in [-0.1, -0.05) is 19.8 Å². The first-order valence-electron chi connectivity index (χ1n) is 7.07. The molecule has 0 radical (unpaired) electrons. The molecule has 3 N–H and O–H groups in total. The molecule has 1 aliphatic rings. The van der Waals surface area contributed by atoms with Crippen LogP contribution in [0.4, 0.5) is 5.69 Å². The lowest BCUT2D eigenvalue weighted by molar-refractivity contribution is 0.0949. The zero-order valence-electron chi connectivity index (χ0n) is 11.6. The van der Waals surface area contributed by atoms with Crippen molar-refractivity contribution in [2.75, 3.05) is 12.3 Å². The first-order chi connectivity index (χ1) is 9.66. The van der Waals surface area contributed by atoms with E-state index >= 15 is 0 Å². The van der Waals surface area contributed by atoms with Crippen molar-refractivity contribution in [1.82, 2.24) is 10.3 Å². The van der Waals surface area contributed by atoms with Crippen molar-refractivity contribution in [2.45, 2.75) is 26.2 Å². The van der Waals surface area contributed by atoms with E-state index in [1.807, 2.05) is 6.07 Å². The van der Waals surface area contributed by atoms with Gasteiger partial charge in [-0.3, -0.25) is 9.78 Å². The monoisotopic (exact) mass is 289 g/mol. The molecular formula is C15H19N3OS. The van der Waals surface area contributed by atoms with Gasteiger partial charge in [0.15, 0.2) is 0 Å². The van der Waals surface area contributed by atoms with E-state index in [-0.39, 0.29) is 5.91 Å². The summed E-state index contributed by atoms with van der Waals surface area (Å²) >= 11 is 1.42. The Bertz CT molecular complexity index is 637. The fourth-order valence-electron chi connectivity index (χ4n) is 2.97. The van der Waals surface area contributed by atoms with Crippen molar-refractivity contribution < 1.29 is 4.79 Å². The van der Waals surface area contributed by atoms with Crippen LogP contribution in [-0.2, 0) is 0 Å². The molecule has 2 aromatic rings. The summed E-state index contributed by atoms with van der Waals surface area (Å²) < 4.78 is 0.962. The van der Waals surface area contributed by atoms with Gasteiger partial charge in [-0.25, -0.2) is 0 Å². The topological polar surface area (TPSA) is 68.0 Å².